The summed E-state index contributed by atoms with van der Waals surface area (Å²) in [5, 5.41) is 13.1. The Morgan fingerprint density at radius 1 is 1.50 bits per heavy atom. The second-order valence-electron chi connectivity index (χ2n) is 4.85. The molecule has 20 heavy (non-hydrogen) atoms. The Morgan fingerprint density at radius 3 is 2.80 bits per heavy atom. The van der Waals surface area contributed by atoms with Crippen LogP contribution in [0.1, 0.15) is 36.7 Å². The number of aromatic hydroxyl groups is 1. The lowest BCUT2D eigenvalue weighted by Gasteiger charge is -2.34. The number of carbonyl (C=O) groups is 1. The summed E-state index contributed by atoms with van der Waals surface area (Å²) in [5.74, 6) is -0.200. The Labute approximate surface area is 125 Å². The quantitative estimate of drug-likeness (QED) is 0.890. The third-order valence-corrected chi connectivity index (χ3v) is 3.46. The van der Waals surface area contributed by atoms with Crippen LogP contribution in [0.3, 0.4) is 0 Å². The van der Waals surface area contributed by atoms with E-state index in [1.807, 2.05) is 4.90 Å². The molecule has 1 aliphatic rings. The fraction of sp³-hybridized carbons (Fsp3) is 0.571. The highest BCUT2D eigenvalue weighted by Gasteiger charge is 2.27. The van der Waals surface area contributed by atoms with Crippen LogP contribution in [-0.2, 0) is 0 Å². The van der Waals surface area contributed by atoms with Gasteiger partial charge in [0.25, 0.3) is 5.91 Å². The van der Waals surface area contributed by atoms with Crippen molar-refractivity contribution in [3.8, 4) is 5.75 Å². The van der Waals surface area contributed by atoms with Crippen molar-refractivity contribution in [2.45, 2.75) is 32.2 Å². The van der Waals surface area contributed by atoms with Crippen molar-refractivity contribution in [3.63, 3.8) is 0 Å². The number of rotatable bonds is 4. The Balaban J connectivity index is 0.00000200. The van der Waals surface area contributed by atoms with Gasteiger partial charge in [0.2, 0.25) is 0 Å². The standard InChI is InChI=1S/C14H21N3O2.ClH/c1-2-10-17(11-5-8-15-9-6-11)14(19)13-12(18)4-3-7-16-13;/h3-4,7,11,15,18H,2,5-6,8-10H2,1H3;1H. The lowest BCUT2D eigenvalue weighted by atomic mass is 10.0. The van der Waals surface area contributed by atoms with Crippen LogP contribution < -0.4 is 5.32 Å². The van der Waals surface area contributed by atoms with Crippen molar-refractivity contribution in [1.82, 2.24) is 15.2 Å². The molecule has 1 aromatic heterocycles. The summed E-state index contributed by atoms with van der Waals surface area (Å²) in [6.07, 6.45) is 4.36. The first-order valence-electron chi connectivity index (χ1n) is 6.89. The van der Waals surface area contributed by atoms with Crippen molar-refractivity contribution in [3.05, 3.63) is 24.0 Å². The molecular weight excluding hydrogens is 278 g/mol. The molecule has 0 aromatic carbocycles. The average molecular weight is 300 g/mol. The number of halogens is 1. The van der Waals surface area contributed by atoms with Gasteiger partial charge in [0.05, 0.1) is 0 Å². The van der Waals surface area contributed by atoms with Crippen LogP contribution in [0.4, 0.5) is 0 Å². The van der Waals surface area contributed by atoms with Gasteiger partial charge in [-0.25, -0.2) is 4.98 Å². The van der Waals surface area contributed by atoms with Gasteiger partial charge in [0.15, 0.2) is 5.69 Å². The van der Waals surface area contributed by atoms with Crippen molar-refractivity contribution in [2.75, 3.05) is 19.6 Å². The van der Waals surface area contributed by atoms with E-state index in [1.54, 1.807) is 12.3 Å². The van der Waals surface area contributed by atoms with E-state index in [-0.39, 0.29) is 35.8 Å². The lowest BCUT2D eigenvalue weighted by Crippen LogP contribution is -2.46. The molecule has 112 valence electrons. The first kappa shape index (κ1) is 16.7. The van der Waals surface area contributed by atoms with Crippen LogP contribution in [0.25, 0.3) is 0 Å². The number of nitrogens with one attached hydrogen (secondary N) is 1. The largest absolute Gasteiger partial charge is 0.505 e. The smallest absolute Gasteiger partial charge is 0.276 e. The van der Waals surface area contributed by atoms with E-state index < -0.39 is 0 Å². The number of pyridine rings is 1. The molecular formula is C14H22ClN3O2. The summed E-state index contributed by atoms with van der Waals surface area (Å²) in [6.45, 7) is 4.64. The number of hydrogen-bond donors (Lipinski definition) is 2. The summed E-state index contributed by atoms with van der Waals surface area (Å²) in [5.41, 5.74) is 0.162. The summed E-state index contributed by atoms with van der Waals surface area (Å²) in [4.78, 5) is 18.4. The Kier molecular flexibility index (Phi) is 6.75. The minimum atomic E-state index is -0.160. The van der Waals surface area contributed by atoms with Gasteiger partial charge in [-0.15, -0.1) is 12.4 Å². The van der Waals surface area contributed by atoms with Gasteiger partial charge in [0.1, 0.15) is 5.75 Å². The van der Waals surface area contributed by atoms with E-state index in [0.29, 0.717) is 6.54 Å². The van der Waals surface area contributed by atoms with Crippen molar-refractivity contribution in [2.24, 2.45) is 0 Å². The summed E-state index contributed by atoms with van der Waals surface area (Å²) in [6, 6.07) is 3.38. The molecule has 0 aliphatic carbocycles. The van der Waals surface area contributed by atoms with Crippen LogP contribution in [0.2, 0.25) is 0 Å². The number of carbonyl (C=O) groups excluding carboxylic acids is 1. The Bertz CT molecular complexity index is 436. The minimum Gasteiger partial charge on any atom is -0.505 e. The van der Waals surface area contributed by atoms with E-state index in [9.17, 15) is 9.90 Å². The van der Waals surface area contributed by atoms with Gasteiger partial charge < -0.3 is 15.3 Å². The van der Waals surface area contributed by atoms with Crippen molar-refractivity contribution in [1.29, 1.82) is 0 Å². The van der Waals surface area contributed by atoms with E-state index >= 15 is 0 Å². The lowest BCUT2D eigenvalue weighted by molar-refractivity contribution is 0.0633. The number of aromatic nitrogens is 1. The van der Waals surface area contributed by atoms with Gasteiger partial charge in [-0.05, 0) is 44.5 Å². The monoisotopic (exact) mass is 299 g/mol. The molecule has 0 atom stereocenters. The molecule has 5 nitrogen and oxygen atoms in total. The van der Waals surface area contributed by atoms with Crippen LogP contribution in [-0.4, -0.2) is 46.6 Å². The van der Waals surface area contributed by atoms with Crippen molar-refractivity contribution >= 4 is 18.3 Å². The maximum atomic E-state index is 12.5. The maximum absolute atomic E-state index is 12.5. The highest BCUT2D eigenvalue weighted by atomic mass is 35.5. The molecule has 1 amide bonds. The topological polar surface area (TPSA) is 65.5 Å². The second kappa shape index (κ2) is 8.07. The number of nitrogens with zero attached hydrogens (tertiary/aromatic N) is 2. The molecule has 1 aliphatic heterocycles. The van der Waals surface area contributed by atoms with E-state index in [4.69, 9.17) is 0 Å². The van der Waals surface area contributed by atoms with Gasteiger partial charge in [0, 0.05) is 18.8 Å². The molecule has 0 spiro atoms. The van der Waals surface area contributed by atoms with E-state index in [0.717, 1.165) is 32.4 Å². The average Bonchev–Trinajstić information content (AvgIpc) is 2.45. The summed E-state index contributed by atoms with van der Waals surface area (Å²) < 4.78 is 0. The van der Waals surface area contributed by atoms with E-state index in [1.165, 1.54) is 6.07 Å². The third-order valence-electron chi connectivity index (χ3n) is 3.46. The molecule has 1 saturated heterocycles. The molecule has 1 fully saturated rings. The molecule has 2 heterocycles. The van der Waals surface area contributed by atoms with E-state index in [2.05, 4.69) is 17.2 Å². The highest BCUT2D eigenvalue weighted by molar-refractivity contribution is 5.95. The number of piperidine rings is 1. The predicted octanol–water partition coefficient (Wildman–Crippen LogP) is 1.81. The maximum Gasteiger partial charge on any atom is 0.276 e. The van der Waals surface area contributed by atoms with Crippen LogP contribution in [0.5, 0.6) is 5.75 Å². The molecule has 6 heteroatoms. The van der Waals surface area contributed by atoms with Gasteiger partial charge in [-0.3, -0.25) is 4.79 Å². The summed E-state index contributed by atoms with van der Waals surface area (Å²) >= 11 is 0. The zero-order valence-corrected chi connectivity index (χ0v) is 12.5. The predicted molar refractivity (Wildman–Crippen MR) is 80.4 cm³/mol. The van der Waals surface area contributed by atoms with Crippen LogP contribution in [0.15, 0.2) is 18.3 Å². The molecule has 0 unspecified atom stereocenters. The fourth-order valence-electron chi connectivity index (χ4n) is 2.51. The zero-order valence-electron chi connectivity index (χ0n) is 11.7. The Morgan fingerprint density at radius 2 is 2.20 bits per heavy atom. The van der Waals surface area contributed by atoms with Gasteiger partial charge in [-0.1, -0.05) is 6.92 Å². The highest BCUT2D eigenvalue weighted by Crippen LogP contribution is 2.20. The normalized spacial score (nSPS) is 15.4. The van der Waals surface area contributed by atoms with Crippen LogP contribution in [0, 0.1) is 0 Å². The molecule has 0 bridgehead atoms. The number of amides is 1. The van der Waals surface area contributed by atoms with Gasteiger partial charge in [-0.2, -0.15) is 0 Å². The molecule has 1 aromatic rings. The zero-order chi connectivity index (χ0) is 13.7. The van der Waals surface area contributed by atoms with Crippen LogP contribution >= 0.6 is 12.4 Å². The summed E-state index contributed by atoms with van der Waals surface area (Å²) in [7, 11) is 0. The van der Waals surface area contributed by atoms with Gasteiger partial charge >= 0.3 is 0 Å². The molecule has 0 radical (unpaired) electrons. The minimum absolute atomic E-state index is 0. The molecule has 0 saturated carbocycles. The molecule has 2 N–H and O–H groups in total. The number of hydrogen-bond acceptors (Lipinski definition) is 4. The first-order valence-corrected chi connectivity index (χ1v) is 6.89. The molecule has 2 rings (SSSR count). The first-order chi connectivity index (χ1) is 9.24. The third kappa shape index (κ3) is 3.84. The van der Waals surface area contributed by atoms with Crippen molar-refractivity contribution < 1.29 is 9.90 Å². The fourth-order valence-corrected chi connectivity index (χ4v) is 2.51. The Hall–Kier alpha value is -1.33. The second-order valence-corrected chi connectivity index (χ2v) is 4.85. The SMILES string of the molecule is CCCN(C(=O)c1ncccc1O)C1CCNCC1.Cl.